The number of amides is 1. The third-order valence-corrected chi connectivity index (χ3v) is 3.69. The van der Waals surface area contributed by atoms with Crippen molar-refractivity contribution in [3.63, 3.8) is 0 Å². The summed E-state index contributed by atoms with van der Waals surface area (Å²) < 4.78 is 5.16. The zero-order chi connectivity index (χ0) is 16.1. The van der Waals surface area contributed by atoms with E-state index >= 15 is 0 Å². The highest BCUT2D eigenvalue weighted by Gasteiger charge is 2.23. The average Bonchev–Trinajstić information content (AvgIpc) is 2.93. The number of methoxy groups -OCH3 is 1. The molecule has 1 heterocycles. The Labute approximate surface area is 154 Å². The number of para-hydroxylation sites is 2. The van der Waals surface area contributed by atoms with Crippen molar-refractivity contribution in [2.45, 2.75) is 32.4 Å². The molecule has 4 N–H and O–H groups in total. The Morgan fingerprint density at radius 2 is 2.00 bits per heavy atom. The standard InChI is InChI=1S/C16H24N4O2.2ClH/c1-10(2)15(20-14(21)8-11(9-17)22-3)16-18-12-6-4-5-7-13(12)19-16;;/h4-7,10-11,15H,8-9,17H2,1-3H3,(H,18,19)(H,20,21);2*1H. The van der Waals surface area contributed by atoms with Crippen molar-refractivity contribution in [1.29, 1.82) is 0 Å². The topological polar surface area (TPSA) is 93.0 Å². The molecule has 1 aromatic carbocycles. The maximum atomic E-state index is 12.2. The Morgan fingerprint density at radius 1 is 1.33 bits per heavy atom. The molecule has 2 atom stereocenters. The monoisotopic (exact) mass is 376 g/mol. The summed E-state index contributed by atoms with van der Waals surface area (Å²) in [6.45, 7) is 4.42. The molecule has 8 heteroatoms. The van der Waals surface area contributed by atoms with Gasteiger partial charge in [0.25, 0.3) is 0 Å². The number of carbonyl (C=O) groups is 1. The molecule has 0 spiro atoms. The van der Waals surface area contributed by atoms with Gasteiger partial charge in [-0.05, 0) is 18.1 Å². The number of nitrogens with two attached hydrogens (primary N) is 1. The van der Waals surface area contributed by atoms with Gasteiger partial charge in [0.2, 0.25) is 5.91 Å². The molecule has 1 amide bonds. The number of H-pyrrole nitrogens is 1. The first kappa shape index (κ1) is 22.7. The second kappa shape index (κ2) is 10.5. The van der Waals surface area contributed by atoms with Crippen molar-refractivity contribution in [2.24, 2.45) is 11.7 Å². The molecular formula is C16H26Cl2N4O2. The number of nitrogens with one attached hydrogen (secondary N) is 2. The Bertz CT molecular complexity index is 596. The van der Waals surface area contributed by atoms with Crippen LogP contribution in [0.1, 0.15) is 32.1 Å². The maximum Gasteiger partial charge on any atom is 0.223 e. The average molecular weight is 377 g/mol. The van der Waals surface area contributed by atoms with Gasteiger partial charge in [-0.15, -0.1) is 24.8 Å². The number of hydrogen-bond donors (Lipinski definition) is 3. The lowest BCUT2D eigenvalue weighted by molar-refractivity contribution is -0.124. The summed E-state index contributed by atoms with van der Waals surface area (Å²) >= 11 is 0. The van der Waals surface area contributed by atoms with Crippen LogP contribution in [-0.4, -0.2) is 35.6 Å². The fourth-order valence-corrected chi connectivity index (χ4v) is 2.37. The van der Waals surface area contributed by atoms with Gasteiger partial charge in [0.15, 0.2) is 0 Å². The highest BCUT2D eigenvalue weighted by molar-refractivity contribution is 5.85. The van der Waals surface area contributed by atoms with E-state index in [-0.39, 0.29) is 55.2 Å². The maximum absolute atomic E-state index is 12.2. The molecular weight excluding hydrogens is 351 g/mol. The summed E-state index contributed by atoms with van der Waals surface area (Å²) in [4.78, 5) is 20.0. The van der Waals surface area contributed by atoms with Gasteiger partial charge in [0, 0.05) is 13.7 Å². The summed E-state index contributed by atoms with van der Waals surface area (Å²) in [5.74, 6) is 0.895. The van der Waals surface area contributed by atoms with E-state index in [1.165, 1.54) is 0 Å². The van der Waals surface area contributed by atoms with E-state index in [9.17, 15) is 4.79 Å². The van der Waals surface area contributed by atoms with E-state index in [0.717, 1.165) is 16.9 Å². The van der Waals surface area contributed by atoms with Crippen molar-refractivity contribution < 1.29 is 9.53 Å². The summed E-state index contributed by atoms with van der Waals surface area (Å²) in [6.07, 6.45) is -0.0142. The minimum atomic E-state index is -0.261. The third-order valence-electron chi connectivity index (χ3n) is 3.69. The predicted molar refractivity (Wildman–Crippen MR) is 101 cm³/mol. The number of fused-ring (bicyclic) bond motifs is 1. The number of benzene rings is 1. The Hall–Kier alpha value is -1.34. The molecule has 6 nitrogen and oxygen atoms in total. The van der Waals surface area contributed by atoms with Crippen LogP contribution in [0.4, 0.5) is 0 Å². The first-order valence-corrected chi connectivity index (χ1v) is 7.52. The number of carbonyl (C=O) groups excluding carboxylic acids is 1. The van der Waals surface area contributed by atoms with Crippen LogP contribution >= 0.6 is 24.8 Å². The molecule has 0 fully saturated rings. The summed E-state index contributed by atoms with van der Waals surface area (Å²) in [6, 6.07) is 7.65. The molecule has 2 aromatic rings. The van der Waals surface area contributed by atoms with Gasteiger partial charge in [0.1, 0.15) is 5.82 Å². The molecule has 1 aromatic heterocycles. The number of aromatic nitrogens is 2. The number of aromatic amines is 1. The molecule has 0 bridgehead atoms. The highest BCUT2D eigenvalue weighted by atomic mass is 35.5. The van der Waals surface area contributed by atoms with E-state index in [1.807, 2.05) is 24.3 Å². The number of halogens is 2. The SMILES string of the molecule is COC(CN)CC(=O)NC(c1nc2ccccc2[nH]1)C(C)C.Cl.Cl. The molecule has 0 aliphatic carbocycles. The van der Waals surface area contributed by atoms with Gasteiger partial charge in [-0.1, -0.05) is 26.0 Å². The van der Waals surface area contributed by atoms with Gasteiger partial charge in [-0.3, -0.25) is 4.79 Å². The van der Waals surface area contributed by atoms with Crippen molar-refractivity contribution in [2.75, 3.05) is 13.7 Å². The molecule has 24 heavy (non-hydrogen) atoms. The molecule has 2 rings (SSSR count). The van der Waals surface area contributed by atoms with E-state index in [4.69, 9.17) is 10.5 Å². The van der Waals surface area contributed by atoms with Crippen LogP contribution in [0.25, 0.3) is 11.0 Å². The van der Waals surface area contributed by atoms with Gasteiger partial charge in [-0.2, -0.15) is 0 Å². The zero-order valence-electron chi connectivity index (χ0n) is 14.1. The van der Waals surface area contributed by atoms with Gasteiger partial charge < -0.3 is 20.8 Å². The molecule has 0 radical (unpaired) electrons. The van der Waals surface area contributed by atoms with Crippen LogP contribution in [0.3, 0.4) is 0 Å². The molecule has 0 saturated heterocycles. The number of rotatable bonds is 7. The fraction of sp³-hybridized carbons (Fsp3) is 0.500. The smallest absolute Gasteiger partial charge is 0.223 e. The predicted octanol–water partition coefficient (Wildman–Crippen LogP) is 2.58. The lowest BCUT2D eigenvalue weighted by Gasteiger charge is -2.21. The molecule has 0 aliphatic rings. The molecule has 0 aliphatic heterocycles. The van der Waals surface area contributed by atoms with Crippen LogP contribution in [0.5, 0.6) is 0 Å². The van der Waals surface area contributed by atoms with Crippen LogP contribution in [0, 0.1) is 5.92 Å². The Kier molecular flexibility index (Phi) is 9.92. The summed E-state index contributed by atoms with van der Waals surface area (Å²) in [5, 5.41) is 3.02. The lowest BCUT2D eigenvalue weighted by atomic mass is 10.0. The number of nitrogens with zero attached hydrogens (tertiary/aromatic N) is 1. The Balaban J connectivity index is 0.00000264. The second-order valence-electron chi connectivity index (χ2n) is 5.73. The largest absolute Gasteiger partial charge is 0.380 e. The summed E-state index contributed by atoms with van der Waals surface area (Å²) in [5.41, 5.74) is 7.42. The zero-order valence-corrected chi connectivity index (χ0v) is 15.7. The fourth-order valence-electron chi connectivity index (χ4n) is 2.37. The van der Waals surface area contributed by atoms with Crippen molar-refractivity contribution in [1.82, 2.24) is 15.3 Å². The normalized spacial score (nSPS) is 13.0. The van der Waals surface area contributed by atoms with Crippen LogP contribution in [0.2, 0.25) is 0 Å². The van der Waals surface area contributed by atoms with E-state index in [1.54, 1.807) is 7.11 Å². The third kappa shape index (κ3) is 5.63. The van der Waals surface area contributed by atoms with Crippen LogP contribution in [0.15, 0.2) is 24.3 Å². The number of ether oxygens (including phenoxy) is 1. The summed E-state index contributed by atoms with van der Waals surface area (Å²) in [7, 11) is 1.56. The van der Waals surface area contributed by atoms with E-state index < -0.39 is 0 Å². The quantitative estimate of drug-likeness (QED) is 0.692. The van der Waals surface area contributed by atoms with Gasteiger partial charge >= 0.3 is 0 Å². The molecule has 2 unspecified atom stereocenters. The van der Waals surface area contributed by atoms with Crippen molar-refractivity contribution in [3.8, 4) is 0 Å². The van der Waals surface area contributed by atoms with Crippen LogP contribution in [-0.2, 0) is 9.53 Å². The van der Waals surface area contributed by atoms with Crippen LogP contribution < -0.4 is 11.1 Å². The van der Waals surface area contributed by atoms with Gasteiger partial charge in [0.05, 0.1) is 29.6 Å². The minimum absolute atomic E-state index is 0. The first-order chi connectivity index (χ1) is 10.5. The van der Waals surface area contributed by atoms with Crippen molar-refractivity contribution >= 4 is 41.8 Å². The lowest BCUT2D eigenvalue weighted by Crippen LogP contribution is -2.36. The van der Waals surface area contributed by atoms with E-state index in [0.29, 0.717) is 6.54 Å². The number of hydrogen-bond acceptors (Lipinski definition) is 4. The Morgan fingerprint density at radius 3 is 2.54 bits per heavy atom. The molecule has 0 saturated carbocycles. The van der Waals surface area contributed by atoms with Gasteiger partial charge in [-0.25, -0.2) is 4.98 Å². The number of imidazole rings is 1. The second-order valence-corrected chi connectivity index (χ2v) is 5.73. The molecule has 136 valence electrons. The van der Waals surface area contributed by atoms with E-state index in [2.05, 4.69) is 29.1 Å². The highest BCUT2D eigenvalue weighted by Crippen LogP contribution is 2.22. The minimum Gasteiger partial charge on any atom is -0.380 e. The first-order valence-electron chi connectivity index (χ1n) is 7.52. The van der Waals surface area contributed by atoms with Crippen molar-refractivity contribution in [3.05, 3.63) is 30.1 Å².